The second-order valence-corrected chi connectivity index (χ2v) is 6.51. The van der Waals surface area contributed by atoms with Gasteiger partial charge in [0.05, 0.1) is 29.6 Å². The Balaban J connectivity index is 1.47. The summed E-state index contributed by atoms with van der Waals surface area (Å²) in [4.78, 5) is 13.5. The molecule has 1 aromatic carbocycles. The number of hydrogen-bond acceptors (Lipinski definition) is 6. The summed E-state index contributed by atoms with van der Waals surface area (Å²) in [5.74, 6) is 0. The van der Waals surface area contributed by atoms with Gasteiger partial charge in [-0.05, 0) is 36.8 Å². The Morgan fingerprint density at radius 1 is 1.07 bits per heavy atom. The molecule has 0 atom stereocenters. The summed E-state index contributed by atoms with van der Waals surface area (Å²) < 4.78 is 1.78. The van der Waals surface area contributed by atoms with E-state index in [2.05, 4.69) is 42.6 Å². The maximum Gasteiger partial charge on any atom is 0.221 e. The largest absolute Gasteiger partial charge is 0.283 e. The highest BCUT2D eigenvalue weighted by atomic mass is 15.4. The first-order valence-electron chi connectivity index (χ1n) is 8.64. The van der Waals surface area contributed by atoms with Gasteiger partial charge in [-0.2, -0.15) is 5.10 Å². The van der Waals surface area contributed by atoms with E-state index in [4.69, 9.17) is 4.98 Å². The maximum atomic E-state index is 4.71. The number of pyridine rings is 1. The van der Waals surface area contributed by atoms with Crippen molar-refractivity contribution in [3.05, 3.63) is 71.4 Å². The molecule has 132 valence electrons. The molecule has 0 aliphatic rings. The van der Waals surface area contributed by atoms with Crippen molar-refractivity contribution in [2.45, 2.75) is 19.9 Å². The lowest BCUT2D eigenvalue weighted by molar-refractivity contribution is 0.663. The zero-order valence-corrected chi connectivity index (χ0v) is 14.7. The fraction of sp³-hybridized carbons (Fsp3) is 0.158. The van der Waals surface area contributed by atoms with Crippen LogP contribution in [0.4, 0.5) is 0 Å². The van der Waals surface area contributed by atoms with Crippen molar-refractivity contribution >= 4 is 22.2 Å². The van der Waals surface area contributed by atoms with Gasteiger partial charge in [-0.25, -0.2) is 14.6 Å². The molecular weight excluding hydrogens is 340 g/mol. The zero-order chi connectivity index (χ0) is 18.2. The highest BCUT2D eigenvalue weighted by Crippen LogP contribution is 2.16. The lowest BCUT2D eigenvalue weighted by Crippen LogP contribution is -2.04. The third-order valence-electron chi connectivity index (χ3n) is 4.40. The molecule has 0 saturated carbocycles. The predicted molar refractivity (Wildman–Crippen MR) is 100 cm³/mol. The van der Waals surface area contributed by atoms with Gasteiger partial charge < -0.3 is 0 Å². The number of aromatic amines is 1. The van der Waals surface area contributed by atoms with E-state index >= 15 is 0 Å². The van der Waals surface area contributed by atoms with Gasteiger partial charge in [0.1, 0.15) is 0 Å². The number of rotatable bonds is 4. The van der Waals surface area contributed by atoms with Crippen LogP contribution in [0.25, 0.3) is 22.2 Å². The fourth-order valence-electron chi connectivity index (χ4n) is 3.13. The Labute approximate surface area is 154 Å². The highest BCUT2D eigenvalue weighted by Gasteiger charge is 2.11. The van der Waals surface area contributed by atoms with E-state index in [0.29, 0.717) is 24.3 Å². The topological polar surface area (TPSA) is 98.1 Å². The summed E-state index contributed by atoms with van der Waals surface area (Å²) in [6.45, 7) is 2.55. The second-order valence-electron chi connectivity index (χ2n) is 6.51. The van der Waals surface area contributed by atoms with Crippen LogP contribution in [0.3, 0.4) is 0 Å². The van der Waals surface area contributed by atoms with Crippen molar-refractivity contribution in [3.63, 3.8) is 0 Å². The van der Waals surface area contributed by atoms with Gasteiger partial charge >= 0.3 is 0 Å². The van der Waals surface area contributed by atoms with Crippen molar-refractivity contribution in [1.82, 2.24) is 40.1 Å². The molecule has 8 heteroatoms. The number of aromatic nitrogens is 8. The Morgan fingerprint density at radius 3 is 2.93 bits per heavy atom. The van der Waals surface area contributed by atoms with Gasteiger partial charge in [-0.1, -0.05) is 17.3 Å². The molecule has 4 aromatic heterocycles. The zero-order valence-electron chi connectivity index (χ0n) is 14.7. The molecule has 0 unspecified atom stereocenters. The molecule has 0 radical (unpaired) electrons. The van der Waals surface area contributed by atoms with Gasteiger partial charge in [-0.15, -0.1) is 5.10 Å². The van der Waals surface area contributed by atoms with Gasteiger partial charge in [0.15, 0.2) is 5.65 Å². The minimum absolute atomic E-state index is 0.541. The SMILES string of the molecule is Cc1cc(Cc2cnc3nnn(Cc4ccc5ncccc5c4)c3n2)n[nH]1. The summed E-state index contributed by atoms with van der Waals surface area (Å²) >= 11 is 0. The molecule has 27 heavy (non-hydrogen) atoms. The van der Waals surface area contributed by atoms with Crippen LogP contribution in [-0.4, -0.2) is 40.1 Å². The molecule has 1 N–H and O–H groups in total. The van der Waals surface area contributed by atoms with Gasteiger partial charge in [-0.3, -0.25) is 10.1 Å². The fourth-order valence-corrected chi connectivity index (χ4v) is 3.13. The molecule has 5 rings (SSSR count). The van der Waals surface area contributed by atoms with E-state index in [0.717, 1.165) is 33.5 Å². The van der Waals surface area contributed by atoms with Crippen LogP contribution >= 0.6 is 0 Å². The molecule has 0 spiro atoms. The number of aryl methyl sites for hydroxylation is 1. The van der Waals surface area contributed by atoms with E-state index in [1.807, 2.05) is 31.2 Å². The number of nitrogens with one attached hydrogen (secondary N) is 1. The first-order chi connectivity index (χ1) is 13.2. The Kier molecular flexibility index (Phi) is 3.60. The molecule has 4 heterocycles. The summed E-state index contributed by atoms with van der Waals surface area (Å²) in [5.41, 5.74) is 6.09. The van der Waals surface area contributed by atoms with E-state index in [-0.39, 0.29) is 0 Å². The lowest BCUT2D eigenvalue weighted by atomic mass is 10.1. The van der Waals surface area contributed by atoms with Crippen LogP contribution in [0.15, 0.2) is 48.8 Å². The Morgan fingerprint density at radius 2 is 2.04 bits per heavy atom. The number of hydrogen-bond donors (Lipinski definition) is 1. The second kappa shape index (κ2) is 6.24. The number of nitrogens with zero attached hydrogens (tertiary/aromatic N) is 7. The Hall–Kier alpha value is -3.68. The van der Waals surface area contributed by atoms with E-state index in [9.17, 15) is 0 Å². The van der Waals surface area contributed by atoms with Crippen LogP contribution in [0.2, 0.25) is 0 Å². The summed E-state index contributed by atoms with van der Waals surface area (Å²) in [6.07, 6.45) is 4.14. The highest BCUT2D eigenvalue weighted by molar-refractivity contribution is 5.79. The number of benzene rings is 1. The van der Waals surface area contributed by atoms with Gasteiger partial charge in [0.2, 0.25) is 5.65 Å². The van der Waals surface area contributed by atoms with Crippen molar-refractivity contribution < 1.29 is 0 Å². The molecule has 0 aliphatic heterocycles. The Bertz CT molecular complexity index is 1250. The molecule has 0 amide bonds. The summed E-state index contributed by atoms with van der Waals surface area (Å²) in [7, 11) is 0. The average molecular weight is 356 g/mol. The number of fused-ring (bicyclic) bond motifs is 2. The van der Waals surface area contributed by atoms with Gasteiger partial charge in [0.25, 0.3) is 0 Å². The third kappa shape index (κ3) is 3.01. The van der Waals surface area contributed by atoms with Gasteiger partial charge in [0, 0.05) is 23.7 Å². The van der Waals surface area contributed by atoms with Crippen molar-refractivity contribution in [2.75, 3.05) is 0 Å². The standard InChI is InChI=1S/C19H16N8/c1-12-7-15(24-23-12)9-16-10-21-18-19(22-16)27(26-25-18)11-13-4-5-17-14(8-13)3-2-6-20-17/h2-8,10H,9,11H2,1H3,(H,23,24). The third-order valence-corrected chi connectivity index (χ3v) is 4.40. The predicted octanol–water partition coefficient (Wildman–Crippen LogP) is 2.44. The van der Waals surface area contributed by atoms with Crippen LogP contribution in [0.1, 0.15) is 22.6 Å². The molecule has 5 aromatic rings. The van der Waals surface area contributed by atoms with E-state index in [1.54, 1.807) is 17.1 Å². The maximum absolute atomic E-state index is 4.71. The molecule has 0 saturated heterocycles. The molecular formula is C19H16N8. The van der Waals surface area contributed by atoms with Crippen LogP contribution in [0, 0.1) is 6.92 Å². The average Bonchev–Trinajstić information content (AvgIpc) is 3.28. The monoisotopic (exact) mass is 356 g/mol. The van der Waals surface area contributed by atoms with Crippen molar-refractivity contribution in [3.8, 4) is 0 Å². The minimum atomic E-state index is 0.541. The van der Waals surface area contributed by atoms with Crippen molar-refractivity contribution in [1.29, 1.82) is 0 Å². The van der Waals surface area contributed by atoms with E-state index in [1.165, 1.54) is 0 Å². The number of H-pyrrole nitrogens is 1. The molecule has 0 bridgehead atoms. The summed E-state index contributed by atoms with van der Waals surface area (Å²) in [5, 5.41) is 16.7. The molecule has 8 nitrogen and oxygen atoms in total. The minimum Gasteiger partial charge on any atom is -0.283 e. The van der Waals surface area contributed by atoms with Crippen LogP contribution in [0.5, 0.6) is 0 Å². The first-order valence-corrected chi connectivity index (χ1v) is 8.64. The first kappa shape index (κ1) is 15.6. The molecule has 0 aliphatic carbocycles. The quantitative estimate of drug-likeness (QED) is 0.531. The molecule has 0 fully saturated rings. The summed E-state index contributed by atoms with van der Waals surface area (Å²) in [6, 6.07) is 12.2. The van der Waals surface area contributed by atoms with E-state index < -0.39 is 0 Å². The van der Waals surface area contributed by atoms with Crippen LogP contribution < -0.4 is 0 Å². The lowest BCUT2D eigenvalue weighted by Gasteiger charge is -2.04. The normalized spacial score (nSPS) is 11.4. The van der Waals surface area contributed by atoms with Crippen molar-refractivity contribution in [2.24, 2.45) is 0 Å². The smallest absolute Gasteiger partial charge is 0.221 e. The van der Waals surface area contributed by atoms with Crippen LogP contribution in [-0.2, 0) is 13.0 Å².